The van der Waals surface area contributed by atoms with Gasteiger partial charge in [0.15, 0.2) is 0 Å². The summed E-state index contributed by atoms with van der Waals surface area (Å²) in [6.45, 7) is 5.08. The molecule has 60 valence electrons. The Morgan fingerprint density at radius 2 is 2.00 bits per heavy atom. The largest absolute Gasteiger partial charge is 1.00 e. The summed E-state index contributed by atoms with van der Waals surface area (Å²) in [6, 6.07) is -0.472. The SMILES string of the molecule is CC.CN1CC(=O)C([NH-])C1.[K+]. The molecule has 0 aromatic heterocycles. The van der Waals surface area contributed by atoms with Crippen molar-refractivity contribution >= 4 is 5.78 Å². The van der Waals surface area contributed by atoms with Crippen LogP contribution in [0.5, 0.6) is 0 Å². The van der Waals surface area contributed by atoms with E-state index >= 15 is 0 Å². The summed E-state index contributed by atoms with van der Waals surface area (Å²) in [7, 11) is 1.85. The van der Waals surface area contributed by atoms with Crippen molar-refractivity contribution in [1.29, 1.82) is 0 Å². The van der Waals surface area contributed by atoms with Gasteiger partial charge in [0.25, 0.3) is 0 Å². The monoisotopic (exact) mass is 182 g/mol. The maximum Gasteiger partial charge on any atom is 1.00 e. The molecular weight excluding hydrogens is 167 g/mol. The molecule has 1 saturated heterocycles. The fraction of sp³-hybridized carbons (Fsp3) is 0.857. The van der Waals surface area contributed by atoms with Gasteiger partial charge in [0.05, 0.1) is 6.54 Å². The van der Waals surface area contributed by atoms with E-state index in [1.807, 2.05) is 25.8 Å². The van der Waals surface area contributed by atoms with Crippen LogP contribution in [-0.4, -0.2) is 36.9 Å². The first-order valence-electron chi connectivity index (χ1n) is 3.62. The van der Waals surface area contributed by atoms with Crippen LogP contribution in [0.2, 0.25) is 0 Å². The summed E-state index contributed by atoms with van der Waals surface area (Å²) in [5.74, 6) is 0.0486. The molecule has 0 amide bonds. The molecule has 1 atom stereocenters. The van der Waals surface area contributed by atoms with Gasteiger partial charge in [0, 0.05) is 0 Å². The quantitative estimate of drug-likeness (QED) is 0.405. The third-order valence-electron chi connectivity index (χ3n) is 1.31. The van der Waals surface area contributed by atoms with Crippen LogP contribution in [0.1, 0.15) is 13.8 Å². The third-order valence-corrected chi connectivity index (χ3v) is 1.31. The molecule has 4 heteroatoms. The number of carbonyl (C=O) groups is 1. The molecule has 0 aromatic rings. The number of ketones is 1. The normalized spacial score (nSPS) is 23.6. The van der Waals surface area contributed by atoms with Crippen molar-refractivity contribution in [2.24, 2.45) is 0 Å². The zero-order chi connectivity index (χ0) is 8.15. The number of nitrogens with one attached hydrogen (secondary N) is 1. The minimum atomic E-state index is -0.472. The molecular formula is C7H15KN2O. The third kappa shape index (κ3) is 5.46. The van der Waals surface area contributed by atoms with Crippen molar-refractivity contribution in [3.63, 3.8) is 0 Å². The number of Topliss-reactive ketones (excluding diaryl/α,β-unsaturated/α-hetero) is 1. The molecule has 1 rings (SSSR count). The van der Waals surface area contributed by atoms with E-state index in [2.05, 4.69) is 0 Å². The molecule has 0 aliphatic carbocycles. The molecule has 0 bridgehead atoms. The Kier molecular flexibility index (Phi) is 10.5. The summed E-state index contributed by atoms with van der Waals surface area (Å²) < 4.78 is 0. The van der Waals surface area contributed by atoms with Crippen LogP contribution in [0, 0.1) is 0 Å². The molecule has 1 fully saturated rings. The number of carbonyl (C=O) groups excluding carboxylic acids is 1. The van der Waals surface area contributed by atoms with Gasteiger partial charge in [-0.25, -0.2) is 0 Å². The van der Waals surface area contributed by atoms with E-state index in [0.29, 0.717) is 13.1 Å². The zero-order valence-electron chi connectivity index (χ0n) is 7.85. The number of likely N-dealkylation sites (tertiary alicyclic amines) is 1. The second-order valence-corrected chi connectivity index (χ2v) is 2.22. The fourth-order valence-corrected chi connectivity index (χ4v) is 0.854. The van der Waals surface area contributed by atoms with E-state index in [1.165, 1.54) is 0 Å². The Morgan fingerprint density at radius 3 is 2.09 bits per heavy atom. The molecule has 1 heterocycles. The Labute approximate surface area is 111 Å². The molecule has 0 spiro atoms. The van der Waals surface area contributed by atoms with E-state index in [1.54, 1.807) is 0 Å². The summed E-state index contributed by atoms with van der Waals surface area (Å²) >= 11 is 0. The minimum Gasteiger partial charge on any atom is -0.667 e. The number of rotatable bonds is 0. The standard InChI is InChI=1S/C5H9N2O.C2H6.K/c1-7-2-4(6)5(8)3-7;1-2;/h4,6H,2-3H2,1H3;1-2H3;/q-1;;+1. The van der Waals surface area contributed by atoms with E-state index in [4.69, 9.17) is 5.73 Å². The van der Waals surface area contributed by atoms with E-state index in [0.717, 1.165) is 0 Å². The molecule has 1 N–H and O–H groups in total. The van der Waals surface area contributed by atoms with Crippen molar-refractivity contribution in [2.75, 3.05) is 20.1 Å². The van der Waals surface area contributed by atoms with Crippen molar-refractivity contribution in [1.82, 2.24) is 4.90 Å². The molecule has 11 heavy (non-hydrogen) atoms. The van der Waals surface area contributed by atoms with Crippen molar-refractivity contribution in [3.05, 3.63) is 5.73 Å². The number of hydrogen-bond acceptors (Lipinski definition) is 2. The van der Waals surface area contributed by atoms with Gasteiger partial charge in [-0.2, -0.15) is 0 Å². The van der Waals surface area contributed by atoms with Crippen LogP contribution < -0.4 is 51.4 Å². The van der Waals surface area contributed by atoms with Crippen LogP contribution in [-0.2, 0) is 4.79 Å². The molecule has 0 aromatic carbocycles. The molecule has 1 aliphatic heterocycles. The van der Waals surface area contributed by atoms with Crippen LogP contribution in [0.15, 0.2) is 0 Å². The van der Waals surface area contributed by atoms with Crippen LogP contribution in [0.4, 0.5) is 0 Å². The Balaban J connectivity index is 0. The topological polar surface area (TPSA) is 44.1 Å². The van der Waals surface area contributed by atoms with Crippen molar-refractivity contribution in [3.8, 4) is 0 Å². The Hall–Kier alpha value is 1.23. The first-order valence-corrected chi connectivity index (χ1v) is 3.62. The average Bonchev–Trinajstić information content (AvgIpc) is 2.16. The fourth-order valence-electron chi connectivity index (χ4n) is 0.854. The number of nitrogens with zero attached hydrogens (tertiary/aromatic N) is 1. The number of hydrogen-bond donors (Lipinski definition) is 0. The van der Waals surface area contributed by atoms with E-state index in [-0.39, 0.29) is 57.2 Å². The van der Waals surface area contributed by atoms with Gasteiger partial charge < -0.3 is 10.6 Å². The summed E-state index contributed by atoms with van der Waals surface area (Å²) in [6.07, 6.45) is 0. The predicted molar refractivity (Wildman–Crippen MR) is 42.0 cm³/mol. The zero-order valence-corrected chi connectivity index (χ0v) is 11.0. The van der Waals surface area contributed by atoms with Crippen LogP contribution >= 0.6 is 0 Å². The van der Waals surface area contributed by atoms with Gasteiger partial charge in [-0.3, -0.25) is 4.79 Å². The van der Waals surface area contributed by atoms with E-state index in [9.17, 15) is 4.79 Å². The summed E-state index contributed by atoms with van der Waals surface area (Å²) in [5.41, 5.74) is 7.08. The van der Waals surface area contributed by atoms with Gasteiger partial charge in [-0.15, -0.1) is 0 Å². The van der Waals surface area contributed by atoms with Gasteiger partial charge >= 0.3 is 51.4 Å². The minimum absolute atomic E-state index is 0. The second-order valence-electron chi connectivity index (χ2n) is 2.22. The van der Waals surface area contributed by atoms with Gasteiger partial charge in [-0.05, 0) is 13.6 Å². The average molecular weight is 182 g/mol. The van der Waals surface area contributed by atoms with Crippen molar-refractivity contribution < 1.29 is 56.2 Å². The Bertz CT molecular complexity index is 119. The molecule has 3 nitrogen and oxygen atoms in total. The first-order chi connectivity index (χ1) is 4.70. The second kappa shape index (κ2) is 7.85. The Morgan fingerprint density at radius 1 is 1.55 bits per heavy atom. The van der Waals surface area contributed by atoms with E-state index < -0.39 is 6.04 Å². The van der Waals surface area contributed by atoms with Gasteiger partial charge in [0.1, 0.15) is 5.78 Å². The first kappa shape index (κ1) is 14.7. The van der Waals surface area contributed by atoms with Gasteiger partial charge in [-0.1, -0.05) is 19.9 Å². The molecule has 1 aliphatic rings. The van der Waals surface area contributed by atoms with Crippen LogP contribution in [0.3, 0.4) is 0 Å². The predicted octanol–water partition coefficient (Wildman–Crippen LogP) is -2.05. The summed E-state index contributed by atoms with van der Waals surface area (Å²) in [5, 5.41) is 0. The van der Waals surface area contributed by atoms with Crippen LogP contribution in [0.25, 0.3) is 5.73 Å². The molecule has 0 saturated carbocycles. The molecule has 0 radical (unpaired) electrons. The summed E-state index contributed by atoms with van der Waals surface area (Å²) in [4.78, 5) is 12.4. The molecule has 1 unspecified atom stereocenters. The number of likely N-dealkylation sites (N-methyl/N-ethyl adjacent to an activating group) is 1. The van der Waals surface area contributed by atoms with Crippen molar-refractivity contribution in [2.45, 2.75) is 19.9 Å². The smallest absolute Gasteiger partial charge is 0.667 e. The maximum absolute atomic E-state index is 10.6. The maximum atomic E-state index is 10.6. The van der Waals surface area contributed by atoms with Gasteiger partial charge in [0.2, 0.25) is 0 Å².